The summed E-state index contributed by atoms with van der Waals surface area (Å²) in [7, 11) is 1.62. The molecule has 1 N–H and O–H groups in total. The molecule has 2 fully saturated rings. The van der Waals surface area contributed by atoms with Crippen molar-refractivity contribution in [2.24, 2.45) is 0 Å². The number of carbonyl (C=O) groups is 1. The number of anilines is 1. The molecule has 2 aliphatic heterocycles. The van der Waals surface area contributed by atoms with E-state index in [2.05, 4.69) is 20.2 Å². The zero-order valence-corrected chi connectivity index (χ0v) is 18.8. The zero-order chi connectivity index (χ0) is 21.9. The van der Waals surface area contributed by atoms with Gasteiger partial charge in [-0.3, -0.25) is 20.0 Å². The lowest BCUT2D eigenvalue weighted by Crippen LogP contribution is -2.21. The minimum absolute atomic E-state index is 0.158. The van der Waals surface area contributed by atoms with Crippen LogP contribution in [0, 0.1) is 0 Å². The molecule has 1 aromatic carbocycles. The summed E-state index contributed by atoms with van der Waals surface area (Å²) in [5, 5.41) is 3.47. The van der Waals surface area contributed by atoms with Crippen LogP contribution in [0.3, 0.4) is 0 Å². The number of ether oxygens (including phenoxy) is 3. The Bertz CT molecular complexity index is 1110. The number of hydrogen-bond donors (Lipinski definition) is 1. The molecular weight excluding hydrogens is 428 g/mol. The second-order valence-corrected chi connectivity index (χ2v) is 8.96. The predicted octanol–water partition coefficient (Wildman–Crippen LogP) is 3.64. The summed E-state index contributed by atoms with van der Waals surface area (Å²) in [6.07, 6.45) is 3.98. The first-order valence-corrected chi connectivity index (χ1v) is 11.7. The Labute approximate surface area is 190 Å². The van der Waals surface area contributed by atoms with E-state index in [0.29, 0.717) is 41.8 Å². The van der Waals surface area contributed by atoms with Gasteiger partial charge in [-0.15, -0.1) is 0 Å². The van der Waals surface area contributed by atoms with Crippen molar-refractivity contribution in [2.45, 2.75) is 25.5 Å². The zero-order valence-electron chi connectivity index (χ0n) is 18.0. The van der Waals surface area contributed by atoms with Gasteiger partial charge in [0.05, 0.1) is 37.3 Å². The van der Waals surface area contributed by atoms with Gasteiger partial charge >= 0.3 is 0 Å². The highest BCUT2D eigenvalue weighted by Gasteiger charge is 2.23. The minimum Gasteiger partial charge on any atom is -0.494 e. The van der Waals surface area contributed by atoms with Crippen molar-refractivity contribution in [1.29, 1.82) is 0 Å². The monoisotopic (exact) mass is 454 g/mol. The van der Waals surface area contributed by atoms with Crippen LogP contribution in [-0.4, -0.2) is 60.8 Å². The summed E-state index contributed by atoms with van der Waals surface area (Å²) >= 11 is 1.42. The third-order valence-electron chi connectivity index (χ3n) is 5.80. The molecule has 32 heavy (non-hydrogen) atoms. The van der Waals surface area contributed by atoms with Crippen LogP contribution >= 0.6 is 11.3 Å². The second kappa shape index (κ2) is 9.50. The highest BCUT2D eigenvalue weighted by molar-refractivity contribution is 7.22. The molecule has 1 amide bonds. The maximum atomic E-state index is 13.0. The number of thiazole rings is 1. The van der Waals surface area contributed by atoms with E-state index < -0.39 is 0 Å². The van der Waals surface area contributed by atoms with Gasteiger partial charge in [-0.2, -0.15) is 0 Å². The van der Waals surface area contributed by atoms with Crippen LogP contribution in [0.15, 0.2) is 30.5 Å². The number of amides is 1. The summed E-state index contributed by atoms with van der Waals surface area (Å²) in [5.74, 6) is 0.459. The number of likely N-dealkylation sites (tertiary alicyclic amines) is 1. The van der Waals surface area contributed by atoms with Crippen LogP contribution in [0.1, 0.15) is 40.6 Å². The Morgan fingerprint density at radius 2 is 2.16 bits per heavy atom. The summed E-state index contributed by atoms with van der Waals surface area (Å²) in [5.41, 5.74) is 3.19. The summed E-state index contributed by atoms with van der Waals surface area (Å²) in [6, 6.07) is 7.46. The second-order valence-electron chi connectivity index (χ2n) is 7.96. The molecule has 2 aliphatic rings. The molecule has 1 unspecified atom stereocenters. The van der Waals surface area contributed by atoms with E-state index in [4.69, 9.17) is 14.2 Å². The standard InChI is InChI=1S/C23H26N4O4S/c1-29-18-5-4-17(19-14-30-10-11-31-19)21-20(18)25-23(32-21)26-22(28)15-6-7-24-16(12-15)13-27-8-2-3-9-27/h4-7,12,19H,2-3,8-11,13-14H2,1H3,(H,25,26,28). The normalized spacial score (nSPS) is 19.3. The van der Waals surface area contributed by atoms with Crippen molar-refractivity contribution >= 4 is 32.6 Å². The van der Waals surface area contributed by atoms with Crippen molar-refractivity contribution in [3.8, 4) is 5.75 Å². The van der Waals surface area contributed by atoms with Crippen molar-refractivity contribution in [2.75, 3.05) is 45.3 Å². The first-order valence-electron chi connectivity index (χ1n) is 10.9. The average Bonchev–Trinajstić information content (AvgIpc) is 3.49. The lowest BCUT2D eigenvalue weighted by atomic mass is 10.1. The van der Waals surface area contributed by atoms with Gasteiger partial charge in [0.25, 0.3) is 5.91 Å². The van der Waals surface area contributed by atoms with Crippen LogP contribution in [0.4, 0.5) is 5.13 Å². The van der Waals surface area contributed by atoms with E-state index in [9.17, 15) is 4.79 Å². The largest absolute Gasteiger partial charge is 0.494 e. The van der Waals surface area contributed by atoms with Crippen LogP contribution in [0.2, 0.25) is 0 Å². The number of fused-ring (bicyclic) bond motifs is 1. The third-order valence-corrected chi connectivity index (χ3v) is 6.82. The Kier molecular flexibility index (Phi) is 6.31. The molecular formula is C23H26N4O4S. The molecule has 0 spiro atoms. The Balaban J connectivity index is 1.38. The lowest BCUT2D eigenvalue weighted by Gasteiger charge is -2.23. The van der Waals surface area contributed by atoms with E-state index in [0.717, 1.165) is 35.6 Å². The average molecular weight is 455 g/mol. The Morgan fingerprint density at radius 3 is 2.94 bits per heavy atom. The minimum atomic E-state index is -0.202. The molecule has 0 saturated carbocycles. The molecule has 0 aliphatic carbocycles. The molecule has 3 aromatic rings. The van der Waals surface area contributed by atoms with Gasteiger partial charge in [-0.1, -0.05) is 17.4 Å². The highest BCUT2D eigenvalue weighted by atomic mass is 32.1. The first-order chi connectivity index (χ1) is 15.7. The van der Waals surface area contributed by atoms with Gasteiger partial charge in [0, 0.05) is 23.9 Å². The highest BCUT2D eigenvalue weighted by Crippen LogP contribution is 2.39. The van der Waals surface area contributed by atoms with Crippen molar-refractivity contribution < 1.29 is 19.0 Å². The summed E-state index contributed by atoms with van der Waals surface area (Å²) < 4.78 is 17.9. The Hall–Kier alpha value is -2.59. The molecule has 4 heterocycles. The number of benzene rings is 1. The number of hydrogen-bond acceptors (Lipinski definition) is 8. The van der Waals surface area contributed by atoms with Crippen LogP contribution in [0.25, 0.3) is 10.2 Å². The number of nitrogens with one attached hydrogen (secondary N) is 1. The van der Waals surface area contributed by atoms with E-state index in [1.165, 1.54) is 24.2 Å². The molecule has 2 aromatic heterocycles. The Morgan fingerprint density at radius 1 is 1.28 bits per heavy atom. The number of methoxy groups -OCH3 is 1. The van der Waals surface area contributed by atoms with Crippen molar-refractivity contribution in [3.63, 3.8) is 0 Å². The molecule has 2 saturated heterocycles. The number of nitrogens with zero attached hydrogens (tertiary/aromatic N) is 3. The fourth-order valence-corrected chi connectivity index (χ4v) is 5.22. The van der Waals surface area contributed by atoms with Gasteiger partial charge in [0.2, 0.25) is 0 Å². The van der Waals surface area contributed by atoms with Gasteiger partial charge in [-0.05, 0) is 44.1 Å². The lowest BCUT2D eigenvalue weighted by molar-refractivity contribution is -0.0895. The molecule has 168 valence electrons. The SMILES string of the molecule is COc1ccc(C2COCCO2)c2sc(NC(=O)c3ccnc(CN4CCCC4)c3)nc12. The van der Waals surface area contributed by atoms with E-state index >= 15 is 0 Å². The van der Waals surface area contributed by atoms with Gasteiger partial charge in [0.15, 0.2) is 5.13 Å². The van der Waals surface area contributed by atoms with Gasteiger partial charge in [-0.25, -0.2) is 4.98 Å². The smallest absolute Gasteiger partial charge is 0.257 e. The fraction of sp³-hybridized carbons (Fsp3) is 0.435. The molecule has 5 rings (SSSR count). The van der Waals surface area contributed by atoms with Crippen molar-refractivity contribution in [3.05, 3.63) is 47.3 Å². The maximum absolute atomic E-state index is 13.0. The van der Waals surface area contributed by atoms with E-state index in [1.807, 2.05) is 18.2 Å². The van der Waals surface area contributed by atoms with Gasteiger partial charge in [0.1, 0.15) is 17.4 Å². The maximum Gasteiger partial charge on any atom is 0.257 e. The summed E-state index contributed by atoms with van der Waals surface area (Å²) in [6.45, 7) is 4.60. The fourth-order valence-electron chi connectivity index (χ4n) is 4.19. The van der Waals surface area contributed by atoms with Crippen LogP contribution in [-0.2, 0) is 16.0 Å². The summed E-state index contributed by atoms with van der Waals surface area (Å²) in [4.78, 5) is 24.4. The first kappa shape index (κ1) is 21.3. The van der Waals surface area contributed by atoms with Crippen molar-refractivity contribution in [1.82, 2.24) is 14.9 Å². The van der Waals surface area contributed by atoms with Gasteiger partial charge < -0.3 is 14.2 Å². The van der Waals surface area contributed by atoms with Crippen LogP contribution in [0.5, 0.6) is 5.75 Å². The number of aromatic nitrogens is 2. The number of rotatable bonds is 6. The number of carbonyl (C=O) groups excluding carboxylic acids is 1. The molecule has 8 nitrogen and oxygen atoms in total. The molecule has 9 heteroatoms. The van der Waals surface area contributed by atoms with E-state index in [-0.39, 0.29) is 12.0 Å². The predicted molar refractivity (Wildman–Crippen MR) is 122 cm³/mol. The number of pyridine rings is 1. The molecule has 0 bridgehead atoms. The quantitative estimate of drug-likeness (QED) is 0.609. The van der Waals surface area contributed by atoms with Crippen LogP contribution < -0.4 is 10.1 Å². The topological polar surface area (TPSA) is 85.8 Å². The van der Waals surface area contributed by atoms with E-state index in [1.54, 1.807) is 19.4 Å². The molecule has 0 radical (unpaired) electrons. The third kappa shape index (κ3) is 4.47. The molecule has 1 atom stereocenters.